The van der Waals surface area contributed by atoms with Crippen molar-refractivity contribution in [2.24, 2.45) is 0 Å². The number of nitrogens with zero attached hydrogens (tertiary/aromatic N) is 1. The molecule has 0 radical (unpaired) electrons. The lowest BCUT2D eigenvalue weighted by Gasteiger charge is -2.33. The average Bonchev–Trinajstić information content (AvgIpc) is 3.22. The van der Waals surface area contributed by atoms with Crippen molar-refractivity contribution in [1.82, 2.24) is 15.2 Å². The number of H-pyrrole nitrogens is 1. The van der Waals surface area contributed by atoms with Gasteiger partial charge in [-0.25, -0.2) is 0 Å². The summed E-state index contributed by atoms with van der Waals surface area (Å²) in [5, 5.41) is 3.75. The SMILES string of the molecule is O=C(NC[C@@H](c1ccco1)N1CCCCC1)c1cc(=O)[nH]c2ccccc12. The van der Waals surface area contributed by atoms with Crippen LogP contribution in [0.3, 0.4) is 0 Å². The van der Waals surface area contributed by atoms with E-state index >= 15 is 0 Å². The first-order valence-corrected chi connectivity index (χ1v) is 9.40. The van der Waals surface area contributed by atoms with Crippen molar-refractivity contribution in [2.75, 3.05) is 19.6 Å². The van der Waals surface area contributed by atoms with Gasteiger partial charge < -0.3 is 14.7 Å². The summed E-state index contributed by atoms with van der Waals surface area (Å²) in [6.07, 6.45) is 5.22. The number of aromatic amines is 1. The van der Waals surface area contributed by atoms with Gasteiger partial charge in [0.2, 0.25) is 5.56 Å². The maximum atomic E-state index is 12.9. The first-order valence-electron chi connectivity index (χ1n) is 9.40. The van der Waals surface area contributed by atoms with Crippen LogP contribution in [0.4, 0.5) is 0 Å². The number of hydrogen-bond acceptors (Lipinski definition) is 4. The lowest BCUT2D eigenvalue weighted by atomic mass is 10.1. The smallest absolute Gasteiger partial charge is 0.252 e. The van der Waals surface area contributed by atoms with Crippen LogP contribution < -0.4 is 10.9 Å². The largest absolute Gasteiger partial charge is 0.468 e. The standard InChI is InChI=1S/C21H23N3O3/c25-20-13-16(15-7-2-3-8-17(15)23-20)21(26)22-14-18(19-9-6-12-27-19)24-10-4-1-5-11-24/h2-3,6-9,12-13,18H,1,4-5,10-11,14H2,(H,22,26)(H,23,25)/t18-/m0/s1. The van der Waals surface area contributed by atoms with E-state index < -0.39 is 0 Å². The van der Waals surface area contributed by atoms with E-state index in [9.17, 15) is 9.59 Å². The molecule has 1 fully saturated rings. The number of hydrogen-bond donors (Lipinski definition) is 2. The molecule has 3 aromatic rings. The Hall–Kier alpha value is -2.86. The molecule has 0 unspecified atom stereocenters. The van der Waals surface area contributed by atoms with Crippen molar-refractivity contribution >= 4 is 16.8 Å². The van der Waals surface area contributed by atoms with Crippen LogP contribution in [0.5, 0.6) is 0 Å². The number of para-hydroxylation sites is 1. The minimum atomic E-state index is -0.280. The summed E-state index contributed by atoms with van der Waals surface area (Å²) in [6, 6.07) is 12.5. The average molecular weight is 365 g/mol. The minimum absolute atomic E-state index is 0.00230. The van der Waals surface area contributed by atoms with Gasteiger partial charge in [-0.2, -0.15) is 0 Å². The molecular formula is C21H23N3O3. The highest BCUT2D eigenvalue weighted by molar-refractivity contribution is 6.05. The Morgan fingerprint density at radius 3 is 2.74 bits per heavy atom. The fraction of sp³-hybridized carbons (Fsp3) is 0.333. The molecule has 2 aromatic heterocycles. The molecule has 2 N–H and O–H groups in total. The maximum absolute atomic E-state index is 12.9. The number of furan rings is 1. The van der Waals surface area contributed by atoms with Gasteiger partial charge in [0.1, 0.15) is 5.76 Å². The van der Waals surface area contributed by atoms with E-state index in [0.717, 1.165) is 37.1 Å². The number of benzene rings is 1. The number of amides is 1. The maximum Gasteiger partial charge on any atom is 0.252 e. The molecule has 1 saturated heterocycles. The third-order valence-corrected chi connectivity index (χ3v) is 5.15. The van der Waals surface area contributed by atoms with E-state index in [4.69, 9.17) is 4.42 Å². The molecule has 27 heavy (non-hydrogen) atoms. The molecule has 0 saturated carbocycles. The quantitative estimate of drug-likeness (QED) is 0.728. The van der Waals surface area contributed by atoms with Crippen molar-refractivity contribution in [3.63, 3.8) is 0 Å². The third kappa shape index (κ3) is 3.80. The van der Waals surface area contributed by atoms with Crippen LogP contribution in [-0.2, 0) is 0 Å². The van der Waals surface area contributed by atoms with Crippen molar-refractivity contribution < 1.29 is 9.21 Å². The number of nitrogens with one attached hydrogen (secondary N) is 2. The van der Waals surface area contributed by atoms with Crippen LogP contribution >= 0.6 is 0 Å². The molecule has 140 valence electrons. The van der Waals surface area contributed by atoms with E-state index in [-0.39, 0.29) is 17.5 Å². The molecule has 6 heteroatoms. The number of fused-ring (bicyclic) bond motifs is 1. The lowest BCUT2D eigenvalue weighted by molar-refractivity contribution is 0.0915. The zero-order chi connectivity index (χ0) is 18.6. The molecule has 1 aliphatic heterocycles. The normalized spacial score (nSPS) is 16.3. The molecule has 4 rings (SSSR count). The second-order valence-electron chi connectivity index (χ2n) is 6.93. The molecule has 6 nitrogen and oxygen atoms in total. The number of rotatable bonds is 5. The van der Waals surface area contributed by atoms with E-state index in [1.165, 1.54) is 12.5 Å². The first-order chi connectivity index (χ1) is 13.2. The van der Waals surface area contributed by atoms with Gasteiger partial charge in [-0.15, -0.1) is 0 Å². The number of piperidine rings is 1. The zero-order valence-corrected chi connectivity index (χ0v) is 15.1. The Kier molecular flexibility index (Phi) is 5.07. The molecule has 0 bridgehead atoms. The van der Waals surface area contributed by atoms with Crippen LogP contribution in [0.2, 0.25) is 0 Å². The zero-order valence-electron chi connectivity index (χ0n) is 15.1. The second-order valence-corrected chi connectivity index (χ2v) is 6.93. The Morgan fingerprint density at radius 2 is 1.96 bits per heavy atom. The van der Waals surface area contributed by atoms with Gasteiger partial charge in [-0.1, -0.05) is 24.6 Å². The molecule has 0 aliphatic carbocycles. The van der Waals surface area contributed by atoms with Crippen LogP contribution in [0.15, 0.2) is 57.9 Å². The van der Waals surface area contributed by atoms with Crippen LogP contribution in [0.25, 0.3) is 10.9 Å². The van der Waals surface area contributed by atoms with Crippen molar-refractivity contribution in [3.8, 4) is 0 Å². The number of likely N-dealkylation sites (tertiary alicyclic amines) is 1. The number of carbonyl (C=O) groups excluding carboxylic acids is 1. The fourth-order valence-corrected chi connectivity index (χ4v) is 3.80. The highest BCUT2D eigenvalue weighted by Gasteiger charge is 2.25. The van der Waals surface area contributed by atoms with Gasteiger partial charge in [-0.05, 0) is 44.1 Å². The molecule has 1 atom stereocenters. The van der Waals surface area contributed by atoms with Gasteiger partial charge in [-0.3, -0.25) is 14.5 Å². The monoisotopic (exact) mass is 365 g/mol. The van der Waals surface area contributed by atoms with Crippen molar-refractivity contribution in [2.45, 2.75) is 25.3 Å². The third-order valence-electron chi connectivity index (χ3n) is 5.15. The highest BCUT2D eigenvalue weighted by atomic mass is 16.3. The van der Waals surface area contributed by atoms with E-state index in [0.29, 0.717) is 17.6 Å². The minimum Gasteiger partial charge on any atom is -0.468 e. The Morgan fingerprint density at radius 1 is 1.15 bits per heavy atom. The second kappa shape index (κ2) is 7.80. The fourth-order valence-electron chi connectivity index (χ4n) is 3.80. The van der Waals surface area contributed by atoms with Crippen molar-refractivity contribution in [1.29, 1.82) is 0 Å². The van der Waals surface area contributed by atoms with E-state index in [1.54, 1.807) is 12.3 Å². The van der Waals surface area contributed by atoms with Gasteiger partial charge in [0.25, 0.3) is 5.91 Å². The summed E-state index contributed by atoms with van der Waals surface area (Å²) < 4.78 is 5.63. The number of pyridine rings is 1. The molecular weight excluding hydrogens is 342 g/mol. The number of carbonyl (C=O) groups is 1. The highest BCUT2D eigenvalue weighted by Crippen LogP contribution is 2.25. The first kappa shape index (κ1) is 17.5. The lowest BCUT2D eigenvalue weighted by Crippen LogP contribution is -2.40. The topological polar surface area (TPSA) is 78.3 Å². The van der Waals surface area contributed by atoms with Gasteiger partial charge in [0.15, 0.2) is 0 Å². The molecule has 3 heterocycles. The van der Waals surface area contributed by atoms with Crippen LogP contribution in [-0.4, -0.2) is 35.4 Å². The summed E-state index contributed by atoms with van der Waals surface area (Å²) in [6.45, 7) is 2.43. The van der Waals surface area contributed by atoms with Crippen LogP contribution in [0, 0.1) is 0 Å². The molecule has 1 aliphatic rings. The van der Waals surface area contributed by atoms with E-state index in [2.05, 4.69) is 15.2 Å². The molecule has 1 amide bonds. The van der Waals surface area contributed by atoms with Gasteiger partial charge in [0, 0.05) is 23.5 Å². The van der Waals surface area contributed by atoms with Crippen LogP contribution in [0.1, 0.15) is 41.4 Å². The molecule has 1 aromatic carbocycles. The predicted molar refractivity (Wildman–Crippen MR) is 104 cm³/mol. The summed E-state index contributed by atoms with van der Waals surface area (Å²) in [4.78, 5) is 29.9. The summed E-state index contributed by atoms with van der Waals surface area (Å²) in [7, 11) is 0. The Balaban J connectivity index is 1.56. The summed E-state index contributed by atoms with van der Waals surface area (Å²) in [5.74, 6) is 0.610. The number of aromatic nitrogens is 1. The van der Waals surface area contributed by atoms with Gasteiger partial charge >= 0.3 is 0 Å². The Bertz CT molecular complexity index is 972. The summed E-state index contributed by atoms with van der Waals surface area (Å²) in [5.41, 5.74) is 0.775. The van der Waals surface area contributed by atoms with E-state index in [1.807, 2.05) is 30.3 Å². The van der Waals surface area contributed by atoms with Crippen molar-refractivity contribution in [3.05, 3.63) is 70.4 Å². The molecule has 0 spiro atoms. The van der Waals surface area contributed by atoms with Gasteiger partial charge in [0.05, 0.1) is 17.9 Å². The predicted octanol–water partition coefficient (Wildman–Crippen LogP) is 3.08. The Labute approximate surface area is 157 Å². The summed E-state index contributed by atoms with van der Waals surface area (Å²) >= 11 is 0.